The van der Waals surface area contributed by atoms with Crippen molar-refractivity contribution in [2.24, 2.45) is 5.92 Å². The van der Waals surface area contributed by atoms with Gasteiger partial charge in [-0.2, -0.15) is 0 Å². The predicted molar refractivity (Wildman–Crippen MR) is 122 cm³/mol. The second-order valence-corrected chi connectivity index (χ2v) is 9.62. The van der Waals surface area contributed by atoms with Crippen molar-refractivity contribution in [3.05, 3.63) is 59.7 Å². The zero-order chi connectivity index (χ0) is 23.2. The summed E-state index contributed by atoms with van der Waals surface area (Å²) in [6.45, 7) is 1.82. The lowest BCUT2D eigenvalue weighted by molar-refractivity contribution is -0.153. The van der Waals surface area contributed by atoms with Crippen molar-refractivity contribution >= 4 is 18.0 Å². The van der Waals surface area contributed by atoms with Crippen LogP contribution in [0, 0.1) is 5.92 Å². The van der Waals surface area contributed by atoms with Crippen LogP contribution in [0.5, 0.6) is 0 Å². The number of carboxylic acid groups (broad SMARTS) is 1. The molecule has 0 heterocycles. The summed E-state index contributed by atoms with van der Waals surface area (Å²) in [7, 11) is 0. The summed E-state index contributed by atoms with van der Waals surface area (Å²) in [6.07, 6.45) is 2.49. The van der Waals surface area contributed by atoms with Crippen molar-refractivity contribution in [2.45, 2.75) is 56.0 Å². The number of carboxylic acids is 1. The Morgan fingerprint density at radius 1 is 1.03 bits per heavy atom. The van der Waals surface area contributed by atoms with Gasteiger partial charge in [0, 0.05) is 5.92 Å². The highest BCUT2D eigenvalue weighted by molar-refractivity contribution is 5.95. The van der Waals surface area contributed by atoms with E-state index < -0.39 is 29.0 Å². The number of amides is 2. The van der Waals surface area contributed by atoms with E-state index in [1.165, 1.54) is 0 Å². The van der Waals surface area contributed by atoms with Crippen LogP contribution < -0.4 is 10.6 Å². The lowest BCUT2D eigenvalue weighted by Gasteiger charge is -2.41. The van der Waals surface area contributed by atoms with E-state index in [-0.39, 0.29) is 18.4 Å². The van der Waals surface area contributed by atoms with Crippen LogP contribution in [0.1, 0.15) is 56.1 Å². The third-order valence-electron chi connectivity index (χ3n) is 7.54. The quantitative estimate of drug-likeness (QED) is 0.597. The van der Waals surface area contributed by atoms with Crippen molar-refractivity contribution in [2.75, 3.05) is 6.61 Å². The Hall–Kier alpha value is -3.35. The van der Waals surface area contributed by atoms with Crippen LogP contribution in [-0.4, -0.2) is 40.8 Å². The molecule has 2 amide bonds. The van der Waals surface area contributed by atoms with Crippen LogP contribution in [0.3, 0.4) is 0 Å². The van der Waals surface area contributed by atoms with Gasteiger partial charge in [0.15, 0.2) is 0 Å². The summed E-state index contributed by atoms with van der Waals surface area (Å²) in [4.78, 5) is 37.7. The summed E-state index contributed by atoms with van der Waals surface area (Å²) in [5.74, 6) is -1.60. The van der Waals surface area contributed by atoms with Gasteiger partial charge in [-0.3, -0.25) is 4.79 Å². The van der Waals surface area contributed by atoms with Crippen molar-refractivity contribution in [3.63, 3.8) is 0 Å². The Morgan fingerprint density at radius 2 is 1.61 bits per heavy atom. The van der Waals surface area contributed by atoms with Crippen LogP contribution in [0.15, 0.2) is 48.5 Å². The first-order chi connectivity index (χ1) is 15.8. The molecule has 7 heteroatoms. The minimum atomic E-state index is -1.23. The first-order valence-electron chi connectivity index (χ1n) is 11.5. The maximum Gasteiger partial charge on any atom is 0.408 e. The Labute approximate surface area is 192 Å². The van der Waals surface area contributed by atoms with E-state index >= 15 is 0 Å². The molecule has 33 heavy (non-hydrogen) atoms. The van der Waals surface area contributed by atoms with Crippen LogP contribution in [0.4, 0.5) is 4.79 Å². The van der Waals surface area contributed by atoms with Crippen LogP contribution in [-0.2, 0) is 14.3 Å². The Balaban J connectivity index is 1.28. The summed E-state index contributed by atoms with van der Waals surface area (Å²) in [5, 5.41) is 15.1. The van der Waals surface area contributed by atoms with Crippen LogP contribution >= 0.6 is 0 Å². The number of benzene rings is 2. The summed E-state index contributed by atoms with van der Waals surface area (Å²) < 4.78 is 5.63. The van der Waals surface area contributed by atoms with Gasteiger partial charge in [0.1, 0.15) is 17.7 Å². The Morgan fingerprint density at radius 3 is 2.09 bits per heavy atom. The average Bonchev–Trinajstić information content (AvgIpc) is 3.58. The molecule has 0 aromatic heterocycles. The van der Waals surface area contributed by atoms with Crippen molar-refractivity contribution < 1.29 is 24.2 Å². The molecular formula is C26H28N2O5. The number of hydrogen-bond acceptors (Lipinski definition) is 4. The maximum absolute atomic E-state index is 13.1. The van der Waals surface area contributed by atoms with Gasteiger partial charge >= 0.3 is 12.1 Å². The minimum Gasteiger partial charge on any atom is -0.480 e. The number of aliphatic carboxylic acids is 1. The average molecular weight is 449 g/mol. The molecule has 3 aliphatic carbocycles. The third kappa shape index (κ3) is 3.65. The van der Waals surface area contributed by atoms with E-state index in [4.69, 9.17) is 4.74 Å². The summed E-state index contributed by atoms with van der Waals surface area (Å²) >= 11 is 0. The zero-order valence-electron chi connectivity index (χ0n) is 18.6. The maximum atomic E-state index is 13.1. The second kappa shape index (κ2) is 7.90. The number of fused-ring (bicyclic) bond motifs is 3. The minimum absolute atomic E-state index is 0.0381. The molecule has 0 saturated heterocycles. The van der Waals surface area contributed by atoms with E-state index in [0.29, 0.717) is 12.8 Å². The van der Waals surface area contributed by atoms with E-state index in [0.717, 1.165) is 41.5 Å². The number of carbonyl (C=O) groups excluding carboxylic acids is 2. The van der Waals surface area contributed by atoms with E-state index in [1.54, 1.807) is 6.92 Å². The smallest absolute Gasteiger partial charge is 0.408 e. The van der Waals surface area contributed by atoms with Gasteiger partial charge in [0.2, 0.25) is 5.91 Å². The van der Waals surface area contributed by atoms with Gasteiger partial charge in [0.05, 0.1) is 0 Å². The fourth-order valence-electron chi connectivity index (χ4n) is 5.12. The van der Waals surface area contributed by atoms with Crippen molar-refractivity contribution in [1.82, 2.24) is 10.6 Å². The van der Waals surface area contributed by atoms with E-state index in [9.17, 15) is 19.5 Å². The van der Waals surface area contributed by atoms with E-state index in [2.05, 4.69) is 22.8 Å². The van der Waals surface area contributed by atoms with Crippen molar-refractivity contribution in [1.29, 1.82) is 0 Å². The molecule has 2 fully saturated rings. The van der Waals surface area contributed by atoms with Gasteiger partial charge in [0.25, 0.3) is 0 Å². The molecule has 5 rings (SSSR count). The monoisotopic (exact) mass is 448 g/mol. The number of carbonyl (C=O) groups is 3. The number of rotatable bonds is 7. The molecule has 2 aromatic carbocycles. The van der Waals surface area contributed by atoms with Crippen molar-refractivity contribution in [3.8, 4) is 11.1 Å². The number of nitrogens with one attached hydrogen (secondary N) is 2. The standard InChI is InChI=1S/C26H28N2O5/c1-25(16-11-12-16,22(29)27-26(23(30)31)13-6-14-26)28-24(32)33-15-21-19-9-4-2-7-17(19)18-8-3-5-10-20(18)21/h2-5,7-10,16,21H,6,11-15H2,1H3,(H,27,29)(H,28,32)(H,30,31). The fourth-order valence-corrected chi connectivity index (χ4v) is 5.12. The molecule has 2 aromatic rings. The third-order valence-corrected chi connectivity index (χ3v) is 7.54. The van der Waals surface area contributed by atoms with Gasteiger partial charge in [-0.05, 0) is 67.2 Å². The molecule has 0 spiro atoms. The Bertz CT molecular complexity index is 1080. The number of hydrogen-bond donors (Lipinski definition) is 3. The lowest BCUT2D eigenvalue weighted by atomic mass is 9.76. The normalized spacial score (nSPS) is 19.9. The molecule has 7 nitrogen and oxygen atoms in total. The molecule has 172 valence electrons. The molecule has 1 atom stereocenters. The molecular weight excluding hydrogens is 420 g/mol. The largest absolute Gasteiger partial charge is 0.480 e. The molecule has 2 saturated carbocycles. The SMILES string of the molecule is CC(NC(=O)OCC1c2ccccc2-c2ccccc21)(C(=O)NC1(C(=O)O)CCC1)C1CC1. The molecule has 3 aliphatic rings. The molecule has 0 aliphatic heterocycles. The Kier molecular flexibility index (Phi) is 5.15. The highest BCUT2D eigenvalue weighted by Crippen LogP contribution is 2.45. The zero-order valence-corrected chi connectivity index (χ0v) is 18.6. The van der Waals surface area contributed by atoms with Crippen LogP contribution in [0.25, 0.3) is 11.1 Å². The summed E-state index contributed by atoms with van der Waals surface area (Å²) in [5.41, 5.74) is 2.08. The van der Waals surface area contributed by atoms with Gasteiger partial charge in [-0.15, -0.1) is 0 Å². The molecule has 3 N–H and O–H groups in total. The molecule has 0 radical (unpaired) electrons. The van der Waals surface area contributed by atoms with Gasteiger partial charge < -0.3 is 20.5 Å². The predicted octanol–water partition coefficient (Wildman–Crippen LogP) is 3.82. The fraction of sp³-hybridized carbons (Fsp3) is 0.423. The highest BCUT2D eigenvalue weighted by Gasteiger charge is 2.53. The summed E-state index contributed by atoms with van der Waals surface area (Å²) in [6, 6.07) is 16.2. The highest BCUT2D eigenvalue weighted by atomic mass is 16.5. The van der Waals surface area contributed by atoms with Gasteiger partial charge in [-0.1, -0.05) is 48.5 Å². The topological polar surface area (TPSA) is 105 Å². The molecule has 0 bridgehead atoms. The first-order valence-corrected chi connectivity index (χ1v) is 11.5. The lowest BCUT2D eigenvalue weighted by Crippen LogP contribution is -2.67. The second-order valence-electron chi connectivity index (χ2n) is 9.62. The van der Waals surface area contributed by atoms with Gasteiger partial charge in [-0.25, -0.2) is 9.59 Å². The van der Waals surface area contributed by atoms with Crippen LogP contribution in [0.2, 0.25) is 0 Å². The number of ether oxygens (including phenoxy) is 1. The first kappa shape index (κ1) is 21.5. The number of alkyl carbamates (subject to hydrolysis) is 1. The molecule has 1 unspecified atom stereocenters. The van der Waals surface area contributed by atoms with E-state index in [1.807, 2.05) is 36.4 Å².